The molecule has 2 unspecified atom stereocenters. The van der Waals surface area contributed by atoms with E-state index in [9.17, 15) is 0 Å². The Balaban J connectivity index is 0.000000242. The number of benzene rings is 6. The monoisotopic (exact) mass is 1220 g/mol. The van der Waals surface area contributed by atoms with Crippen molar-refractivity contribution < 1.29 is 50.4 Å². The molecule has 342 valence electrons. The third kappa shape index (κ3) is 13.0. The van der Waals surface area contributed by atoms with Crippen molar-refractivity contribution in [1.29, 1.82) is 0 Å². The molecule has 2 atom stereocenters. The minimum atomic E-state index is -0.375. The van der Waals surface area contributed by atoms with E-state index in [2.05, 4.69) is 212 Å². The van der Waals surface area contributed by atoms with Crippen LogP contribution in [-0.4, -0.2) is 51.9 Å². The second-order valence-electron chi connectivity index (χ2n) is 17.0. The van der Waals surface area contributed by atoms with E-state index < -0.39 is 0 Å². The first-order chi connectivity index (χ1) is 30.2. The molecule has 0 aliphatic heterocycles. The van der Waals surface area contributed by atoms with Gasteiger partial charge in [-0.25, -0.2) is 0 Å². The molecular weight excluding hydrogens is 1160 g/mol. The molecule has 2 N–H and O–H groups in total. The molecule has 0 saturated carbocycles. The smallest absolute Gasteiger partial charge is 0.168 e. The number of para-hydroxylation sites is 2. The summed E-state index contributed by atoms with van der Waals surface area (Å²) in [6.07, 6.45) is -0.278. The van der Waals surface area contributed by atoms with Gasteiger partial charge < -0.3 is 14.8 Å². The van der Waals surface area contributed by atoms with E-state index in [4.69, 9.17) is 10.2 Å². The molecule has 2 heterocycles. The predicted octanol–water partition coefficient (Wildman–Crippen LogP) is 12.6. The van der Waals surface area contributed by atoms with Gasteiger partial charge in [0.25, 0.3) is 0 Å². The van der Waals surface area contributed by atoms with Crippen LogP contribution in [0.2, 0.25) is 0 Å². The van der Waals surface area contributed by atoms with Crippen LogP contribution in [0.25, 0.3) is 56.4 Å². The molecule has 2 aromatic heterocycles. The summed E-state index contributed by atoms with van der Waals surface area (Å²) < 4.78 is 4.44. The van der Waals surface area contributed by atoms with E-state index in [0.717, 1.165) is 45.7 Å². The Morgan fingerprint density at radius 2 is 0.831 bits per heavy atom. The molecule has 0 spiro atoms. The van der Waals surface area contributed by atoms with Crippen molar-refractivity contribution in [3.05, 3.63) is 179 Å². The second-order valence-corrected chi connectivity index (χ2v) is 17.0. The zero-order valence-electron chi connectivity index (χ0n) is 39.0. The van der Waals surface area contributed by atoms with Crippen molar-refractivity contribution in [2.75, 3.05) is 0 Å². The van der Waals surface area contributed by atoms with Crippen LogP contribution in [0.5, 0.6) is 0 Å². The van der Waals surface area contributed by atoms with E-state index in [1.165, 1.54) is 44.6 Å². The molecule has 65 heavy (non-hydrogen) atoms. The Morgan fingerprint density at radius 1 is 0.446 bits per heavy atom. The van der Waals surface area contributed by atoms with Gasteiger partial charge in [-0.15, -0.1) is 50.7 Å². The summed E-state index contributed by atoms with van der Waals surface area (Å²) in [4.78, 5) is 0. The maximum atomic E-state index is 8.56. The molecule has 0 saturated heterocycles. The van der Waals surface area contributed by atoms with Crippen molar-refractivity contribution in [1.82, 2.24) is 29.5 Å². The molecule has 8 nitrogen and oxygen atoms in total. The fourth-order valence-corrected chi connectivity index (χ4v) is 7.83. The summed E-state index contributed by atoms with van der Waals surface area (Å²) in [5.74, 6) is 4.20. The number of rotatable bonds is 10. The van der Waals surface area contributed by atoms with Crippen molar-refractivity contribution in [2.45, 2.75) is 99.7 Å². The molecule has 10 heteroatoms. The van der Waals surface area contributed by atoms with Crippen LogP contribution in [0.15, 0.2) is 140 Å². The summed E-state index contributed by atoms with van der Waals surface area (Å²) in [5.41, 5.74) is 13.9. The number of aliphatic hydroxyl groups excluding tert-OH is 2. The van der Waals surface area contributed by atoms with Crippen LogP contribution in [0.4, 0.5) is 0 Å². The third-order valence-electron chi connectivity index (χ3n) is 10.8. The zero-order valence-corrected chi connectivity index (χ0v) is 43.8. The quantitative estimate of drug-likeness (QED) is 0.132. The molecule has 8 aromatic rings. The van der Waals surface area contributed by atoms with Crippen LogP contribution in [0.3, 0.4) is 0 Å². The molecule has 0 aliphatic carbocycles. The molecule has 0 aliphatic rings. The first-order valence-corrected chi connectivity index (χ1v) is 21.9. The maximum absolute atomic E-state index is 8.56. The van der Waals surface area contributed by atoms with Crippen molar-refractivity contribution in [3.63, 3.8) is 0 Å². The standard InChI is InChI=1S/C25H25N3.C25H24N3.C5H12O2.2Ir/c2*1-17(2)24-26-27-25(28(24)23-18(3)10-8-11-19(23)4)22-15-9-14-21(16-22)20-12-6-5-7-13-20;1-4(6)3-5(2)7;;/h5-17H,1-4H3;5-14,16-17H,1-4H3;4-7H,3H2,1-2H3;;/q;-1;;;. The fraction of sp³-hybridized carbons (Fsp3) is 0.273. The van der Waals surface area contributed by atoms with Gasteiger partial charge >= 0.3 is 0 Å². The van der Waals surface area contributed by atoms with Crippen LogP contribution in [0, 0.1) is 33.8 Å². The Labute approximate surface area is 413 Å². The SMILES string of the molecule is CC(O)CC(C)O.Cc1cccc(C)c1-n1c(-c2[c-]ccc(-c3ccccc3)c2)nnc1C(C)C.Cc1cccc(C)c1-n1c(-c2cccc(-c3ccccc3)c2)nnc1C(C)C.[Ir].[Ir]. The number of hydrogen-bond acceptors (Lipinski definition) is 6. The number of aryl methyl sites for hydroxylation is 4. The van der Waals surface area contributed by atoms with Gasteiger partial charge in [-0.1, -0.05) is 143 Å². The summed E-state index contributed by atoms with van der Waals surface area (Å²) in [6.45, 7) is 20.5. The molecule has 0 amide bonds. The number of aliphatic hydroxyl groups is 2. The zero-order chi connectivity index (χ0) is 45.2. The summed E-state index contributed by atoms with van der Waals surface area (Å²) in [7, 11) is 0. The third-order valence-corrected chi connectivity index (χ3v) is 10.8. The van der Waals surface area contributed by atoms with Gasteiger partial charge in [-0.3, -0.25) is 4.57 Å². The Morgan fingerprint density at radius 3 is 1.26 bits per heavy atom. The fourth-order valence-electron chi connectivity index (χ4n) is 7.83. The summed E-state index contributed by atoms with van der Waals surface area (Å²) in [6, 6.07) is 51.7. The minimum Gasteiger partial charge on any atom is -0.393 e. The van der Waals surface area contributed by atoms with E-state index in [0.29, 0.717) is 6.42 Å². The molecule has 0 fully saturated rings. The summed E-state index contributed by atoms with van der Waals surface area (Å²) in [5, 5.41) is 35.4. The largest absolute Gasteiger partial charge is 0.393 e. The Bertz CT molecular complexity index is 2500. The van der Waals surface area contributed by atoms with Crippen LogP contribution < -0.4 is 0 Å². The van der Waals surface area contributed by atoms with Crippen molar-refractivity contribution in [2.24, 2.45) is 0 Å². The summed E-state index contributed by atoms with van der Waals surface area (Å²) >= 11 is 0. The molecular formula is C55H61Ir2N6O2-. The van der Waals surface area contributed by atoms with Crippen LogP contribution >= 0.6 is 0 Å². The van der Waals surface area contributed by atoms with Gasteiger partial charge in [0.2, 0.25) is 0 Å². The van der Waals surface area contributed by atoms with Gasteiger partial charge in [-0.05, 0) is 93.0 Å². The number of aromatic nitrogens is 6. The van der Waals surface area contributed by atoms with Crippen LogP contribution in [0.1, 0.15) is 93.7 Å². The number of nitrogens with zero attached hydrogens (tertiary/aromatic N) is 6. The molecule has 2 radical (unpaired) electrons. The molecule has 8 rings (SSSR count). The maximum Gasteiger partial charge on any atom is 0.168 e. The first kappa shape index (κ1) is 52.4. The average Bonchev–Trinajstić information content (AvgIpc) is 3.91. The topological polar surface area (TPSA) is 102 Å². The first-order valence-electron chi connectivity index (χ1n) is 21.9. The second kappa shape index (κ2) is 24.4. The van der Waals surface area contributed by atoms with Gasteiger partial charge in [0.15, 0.2) is 5.82 Å². The predicted molar refractivity (Wildman–Crippen MR) is 258 cm³/mol. The van der Waals surface area contributed by atoms with Crippen LogP contribution in [-0.2, 0) is 40.2 Å². The normalized spacial score (nSPS) is 11.7. The number of hydrogen-bond donors (Lipinski definition) is 2. The van der Waals surface area contributed by atoms with E-state index in [1.54, 1.807) is 13.8 Å². The Kier molecular flexibility index (Phi) is 19.7. The Hall–Kier alpha value is -5.18. The van der Waals surface area contributed by atoms with Crippen molar-refractivity contribution >= 4 is 0 Å². The molecule has 6 aromatic carbocycles. The van der Waals surface area contributed by atoms with E-state index in [1.807, 2.05) is 18.2 Å². The van der Waals surface area contributed by atoms with Gasteiger partial charge in [0, 0.05) is 63.3 Å². The van der Waals surface area contributed by atoms with Gasteiger partial charge in [-0.2, -0.15) is 5.10 Å². The average molecular weight is 1220 g/mol. The van der Waals surface area contributed by atoms with Crippen molar-refractivity contribution in [3.8, 4) is 56.4 Å². The van der Waals surface area contributed by atoms with Gasteiger partial charge in [0.05, 0.1) is 23.7 Å². The van der Waals surface area contributed by atoms with E-state index >= 15 is 0 Å². The molecule has 0 bridgehead atoms. The van der Waals surface area contributed by atoms with Gasteiger partial charge in [0.1, 0.15) is 11.6 Å². The minimum absolute atomic E-state index is 0. The van der Waals surface area contributed by atoms with E-state index in [-0.39, 0.29) is 64.3 Å².